The lowest BCUT2D eigenvalue weighted by atomic mass is 9.94. The van der Waals surface area contributed by atoms with Gasteiger partial charge in [-0.25, -0.2) is 0 Å². The summed E-state index contributed by atoms with van der Waals surface area (Å²) in [7, 11) is 0. The van der Waals surface area contributed by atoms with Crippen LogP contribution in [0.2, 0.25) is 10.0 Å². The van der Waals surface area contributed by atoms with Crippen molar-refractivity contribution in [2.24, 2.45) is 5.92 Å². The van der Waals surface area contributed by atoms with Crippen LogP contribution in [-0.2, 0) is 11.3 Å². The smallest absolute Gasteiger partial charge is 0.241 e. The molecule has 2 fully saturated rings. The summed E-state index contributed by atoms with van der Waals surface area (Å²) in [6.07, 6.45) is 5.30. The zero-order chi connectivity index (χ0) is 19.5. The molecule has 2 aromatic rings. The molecule has 2 aliphatic rings. The van der Waals surface area contributed by atoms with Gasteiger partial charge in [0.05, 0.1) is 11.6 Å². The van der Waals surface area contributed by atoms with E-state index in [1.54, 1.807) is 18.2 Å². The molecule has 28 heavy (non-hydrogen) atoms. The first-order valence-corrected chi connectivity index (χ1v) is 10.6. The Bertz CT molecular complexity index is 827. The van der Waals surface area contributed by atoms with E-state index in [2.05, 4.69) is 19.9 Å². The van der Waals surface area contributed by atoms with Crippen molar-refractivity contribution in [2.75, 3.05) is 26.2 Å². The maximum atomic E-state index is 12.7. The van der Waals surface area contributed by atoms with Crippen molar-refractivity contribution >= 4 is 29.1 Å². The van der Waals surface area contributed by atoms with Crippen molar-refractivity contribution in [2.45, 2.75) is 38.6 Å². The van der Waals surface area contributed by atoms with E-state index in [0.717, 1.165) is 51.9 Å². The van der Waals surface area contributed by atoms with Gasteiger partial charge in [-0.15, -0.1) is 0 Å². The highest BCUT2D eigenvalue weighted by atomic mass is 35.5. The van der Waals surface area contributed by atoms with E-state index < -0.39 is 0 Å². The van der Waals surface area contributed by atoms with Crippen LogP contribution in [0.3, 0.4) is 0 Å². The summed E-state index contributed by atoms with van der Waals surface area (Å²) < 4.78 is 5.41. The Kier molecular flexibility index (Phi) is 6.19. The lowest BCUT2D eigenvalue weighted by Gasteiger charge is -2.35. The SMILES string of the molecule is O=C(C1CCN(Cc2nc(-c3ccc(Cl)cc3Cl)no2)CC1)N1CCCCC1. The van der Waals surface area contributed by atoms with E-state index >= 15 is 0 Å². The number of hydrogen-bond acceptors (Lipinski definition) is 5. The van der Waals surface area contributed by atoms with Gasteiger partial charge < -0.3 is 9.42 Å². The van der Waals surface area contributed by atoms with Gasteiger partial charge in [0.2, 0.25) is 17.6 Å². The van der Waals surface area contributed by atoms with Crippen LogP contribution in [0.5, 0.6) is 0 Å². The lowest BCUT2D eigenvalue weighted by molar-refractivity contribution is -0.138. The predicted octanol–water partition coefficient (Wildman–Crippen LogP) is 4.27. The molecule has 0 spiro atoms. The third-order valence-electron chi connectivity index (χ3n) is 5.60. The Balaban J connectivity index is 1.31. The van der Waals surface area contributed by atoms with E-state index in [4.69, 9.17) is 27.7 Å². The Labute approximate surface area is 174 Å². The number of rotatable bonds is 4. The Morgan fingerprint density at radius 2 is 1.86 bits per heavy atom. The molecule has 0 N–H and O–H groups in total. The van der Waals surface area contributed by atoms with Crippen molar-refractivity contribution in [3.8, 4) is 11.4 Å². The van der Waals surface area contributed by atoms with E-state index in [0.29, 0.717) is 39.8 Å². The molecule has 0 radical (unpaired) electrons. The Morgan fingerprint density at radius 3 is 2.57 bits per heavy atom. The molecule has 2 saturated heterocycles. The average Bonchev–Trinajstić information content (AvgIpc) is 3.17. The molecular weight excluding hydrogens is 399 g/mol. The topological polar surface area (TPSA) is 62.5 Å². The predicted molar refractivity (Wildman–Crippen MR) is 108 cm³/mol. The molecule has 0 aliphatic carbocycles. The van der Waals surface area contributed by atoms with E-state index in [-0.39, 0.29) is 5.92 Å². The molecule has 6 nitrogen and oxygen atoms in total. The molecule has 2 aliphatic heterocycles. The largest absolute Gasteiger partial charge is 0.342 e. The van der Waals surface area contributed by atoms with E-state index in [1.165, 1.54) is 6.42 Å². The molecule has 0 bridgehead atoms. The monoisotopic (exact) mass is 422 g/mol. The number of benzene rings is 1. The van der Waals surface area contributed by atoms with Crippen LogP contribution >= 0.6 is 23.2 Å². The minimum Gasteiger partial charge on any atom is -0.342 e. The highest BCUT2D eigenvalue weighted by Crippen LogP contribution is 2.29. The number of likely N-dealkylation sites (tertiary alicyclic amines) is 2. The van der Waals surface area contributed by atoms with Crippen LogP contribution < -0.4 is 0 Å². The molecule has 0 atom stereocenters. The van der Waals surface area contributed by atoms with Crippen molar-refractivity contribution in [1.82, 2.24) is 19.9 Å². The van der Waals surface area contributed by atoms with Crippen LogP contribution in [0, 0.1) is 5.92 Å². The minimum atomic E-state index is 0.153. The third kappa shape index (κ3) is 4.50. The Morgan fingerprint density at radius 1 is 1.11 bits per heavy atom. The molecular formula is C20H24Cl2N4O2. The van der Waals surface area contributed by atoms with Gasteiger partial charge in [-0.3, -0.25) is 9.69 Å². The molecule has 0 saturated carbocycles. The summed E-state index contributed by atoms with van der Waals surface area (Å²) in [6.45, 7) is 4.17. The summed E-state index contributed by atoms with van der Waals surface area (Å²) in [4.78, 5) is 21.5. The molecule has 1 aromatic heterocycles. The van der Waals surface area contributed by atoms with Gasteiger partial charge in [0.25, 0.3) is 0 Å². The zero-order valence-electron chi connectivity index (χ0n) is 15.7. The minimum absolute atomic E-state index is 0.153. The fourth-order valence-corrected chi connectivity index (χ4v) is 4.49. The molecule has 4 rings (SSSR count). The van der Waals surface area contributed by atoms with Gasteiger partial charge in [0.15, 0.2) is 0 Å². The second-order valence-electron chi connectivity index (χ2n) is 7.57. The highest BCUT2D eigenvalue weighted by molar-refractivity contribution is 6.36. The summed E-state index contributed by atoms with van der Waals surface area (Å²) in [5, 5.41) is 5.11. The van der Waals surface area contributed by atoms with Crippen LogP contribution in [-0.4, -0.2) is 52.0 Å². The number of carbonyl (C=O) groups excluding carboxylic acids is 1. The van der Waals surface area contributed by atoms with E-state index in [9.17, 15) is 4.79 Å². The van der Waals surface area contributed by atoms with Crippen LogP contribution in [0.4, 0.5) is 0 Å². The van der Waals surface area contributed by atoms with Crippen molar-refractivity contribution in [1.29, 1.82) is 0 Å². The fourth-order valence-electron chi connectivity index (χ4n) is 4.00. The number of carbonyl (C=O) groups is 1. The second-order valence-corrected chi connectivity index (χ2v) is 8.42. The first-order chi connectivity index (χ1) is 13.6. The van der Waals surface area contributed by atoms with Crippen molar-refractivity contribution < 1.29 is 9.32 Å². The number of halogens is 2. The van der Waals surface area contributed by atoms with Crippen molar-refractivity contribution in [3.63, 3.8) is 0 Å². The summed E-state index contributed by atoms with van der Waals surface area (Å²) in [5.74, 6) is 1.52. The van der Waals surface area contributed by atoms with Crippen LogP contribution in [0.25, 0.3) is 11.4 Å². The van der Waals surface area contributed by atoms with Gasteiger partial charge in [-0.05, 0) is 63.4 Å². The summed E-state index contributed by atoms with van der Waals surface area (Å²) >= 11 is 12.2. The molecule has 3 heterocycles. The fraction of sp³-hybridized carbons (Fsp3) is 0.550. The van der Waals surface area contributed by atoms with Crippen LogP contribution in [0.15, 0.2) is 22.7 Å². The number of hydrogen-bond donors (Lipinski definition) is 0. The van der Waals surface area contributed by atoms with Crippen molar-refractivity contribution in [3.05, 3.63) is 34.1 Å². The quantitative estimate of drug-likeness (QED) is 0.735. The number of nitrogens with zero attached hydrogens (tertiary/aromatic N) is 4. The first-order valence-electron chi connectivity index (χ1n) is 9.89. The molecule has 150 valence electrons. The van der Waals surface area contributed by atoms with E-state index in [1.807, 2.05) is 0 Å². The normalized spacial score (nSPS) is 19.1. The number of piperidine rings is 2. The number of aromatic nitrogens is 2. The molecule has 8 heteroatoms. The van der Waals surface area contributed by atoms with Crippen LogP contribution in [0.1, 0.15) is 38.0 Å². The summed E-state index contributed by atoms with van der Waals surface area (Å²) in [6, 6.07) is 5.21. The Hall–Kier alpha value is -1.63. The molecule has 1 amide bonds. The van der Waals surface area contributed by atoms with Gasteiger partial charge in [-0.1, -0.05) is 28.4 Å². The van der Waals surface area contributed by atoms with Gasteiger partial charge in [-0.2, -0.15) is 4.98 Å². The highest BCUT2D eigenvalue weighted by Gasteiger charge is 2.29. The maximum absolute atomic E-state index is 12.7. The standard InChI is InChI=1S/C20H24Cl2N4O2/c21-15-4-5-16(17(22)12-15)19-23-18(28-24-19)13-25-10-6-14(7-11-25)20(27)26-8-2-1-3-9-26/h4-5,12,14H,1-3,6-11,13H2. The van der Waals surface area contributed by atoms with Gasteiger partial charge in [0, 0.05) is 29.6 Å². The molecule has 1 aromatic carbocycles. The third-order valence-corrected chi connectivity index (χ3v) is 6.15. The lowest BCUT2D eigenvalue weighted by Crippen LogP contribution is -2.44. The second kappa shape index (κ2) is 8.80. The van der Waals surface area contributed by atoms with Gasteiger partial charge in [0.1, 0.15) is 0 Å². The average molecular weight is 423 g/mol. The maximum Gasteiger partial charge on any atom is 0.241 e. The van der Waals surface area contributed by atoms with Gasteiger partial charge >= 0.3 is 0 Å². The summed E-state index contributed by atoms with van der Waals surface area (Å²) in [5.41, 5.74) is 0.701. The molecule has 0 unspecified atom stereocenters. The first kappa shape index (κ1) is 19.7. The zero-order valence-corrected chi connectivity index (χ0v) is 17.3. The number of amides is 1.